The third kappa shape index (κ3) is 4.64. The highest BCUT2D eigenvalue weighted by Crippen LogP contribution is 2.20. The van der Waals surface area contributed by atoms with E-state index in [2.05, 4.69) is 0 Å². The van der Waals surface area contributed by atoms with Crippen LogP contribution in [0.5, 0.6) is 5.75 Å². The van der Waals surface area contributed by atoms with Crippen molar-refractivity contribution < 1.29 is 18.7 Å². The molecule has 0 aliphatic carbocycles. The zero-order chi connectivity index (χ0) is 19.2. The van der Waals surface area contributed by atoms with Crippen LogP contribution in [0.2, 0.25) is 0 Å². The Labute approximate surface area is 158 Å². The molecule has 0 spiro atoms. The minimum atomic E-state index is -0.245. The molecule has 0 saturated carbocycles. The van der Waals surface area contributed by atoms with Crippen molar-refractivity contribution in [2.45, 2.75) is 13.3 Å². The molecular weight excluding hydrogens is 347 g/mol. The standard InChI is InChI=1S/C21H23FN2O3/c1-2-20(25)16-7-9-17(10-8-16)27-15-21(26)24-13-11-23(12-14-24)19-6-4-3-5-18(19)22/h3-10H,2,11-15H2,1H3. The third-order valence-electron chi connectivity index (χ3n) is 4.69. The smallest absolute Gasteiger partial charge is 0.260 e. The lowest BCUT2D eigenvalue weighted by atomic mass is 10.1. The van der Waals surface area contributed by atoms with Crippen LogP contribution in [0, 0.1) is 5.82 Å². The number of Topliss-reactive ketones (excluding diaryl/α,β-unsaturated/α-hetero) is 1. The van der Waals surface area contributed by atoms with Crippen molar-refractivity contribution in [1.29, 1.82) is 0 Å². The fourth-order valence-corrected chi connectivity index (χ4v) is 3.08. The number of hydrogen-bond donors (Lipinski definition) is 0. The minimum absolute atomic E-state index is 0.0548. The van der Waals surface area contributed by atoms with E-state index in [1.54, 1.807) is 41.3 Å². The topological polar surface area (TPSA) is 49.9 Å². The molecule has 0 aromatic heterocycles. The van der Waals surface area contributed by atoms with E-state index in [1.165, 1.54) is 6.07 Å². The molecule has 1 amide bonds. The van der Waals surface area contributed by atoms with Gasteiger partial charge in [0.15, 0.2) is 12.4 Å². The van der Waals surface area contributed by atoms with Crippen molar-refractivity contribution in [3.05, 3.63) is 59.9 Å². The summed E-state index contributed by atoms with van der Waals surface area (Å²) in [7, 11) is 0. The van der Waals surface area contributed by atoms with E-state index < -0.39 is 0 Å². The van der Waals surface area contributed by atoms with Crippen LogP contribution in [-0.4, -0.2) is 49.4 Å². The van der Waals surface area contributed by atoms with Crippen molar-refractivity contribution in [2.24, 2.45) is 0 Å². The summed E-state index contributed by atoms with van der Waals surface area (Å²) in [4.78, 5) is 27.7. The molecule has 1 aliphatic rings. The van der Waals surface area contributed by atoms with Gasteiger partial charge < -0.3 is 14.5 Å². The van der Waals surface area contributed by atoms with Gasteiger partial charge in [-0.3, -0.25) is 9.59 Å². The highest BCUT2D eigenvalue weighted by Gasteiger charge is 2.22. The summed E-state index contributed by atoms with van der Waals surface area (Å²) < 4.78 is 19.4. The Morgan fingerprint density at radius 2 is 1.67 bits per heavy atom. The molecule has 0 unspecified atom stereocenters. The van der Waals surface area contributed by atoms with Gasteiger partial charge in [0.25, 0.3) is 5.91 Å². The predicted octanol–water partition coefficient (Wildman–Crippen LogP) is 3.15. The van der Waals surface area contributed by atoms with Gasteiger partial charge in [-0.05, 0) is 36.4 Å². The molecule has 0 atom stereocenters. The number of piperazine rings is 1. The summed E-state index contributed by atoms with van der Waals surface area (Å²) in [6.45, 7) is 3.99. The van der Waals surface area contributed by atoms with Gasteiger partial charge in [-0.25, -0.2) is 4.39 Å². The highest BCUT2D eigenvalue weighted by molar-refractivity contribution is 5.95. The predicted molar refractivity (Wildman–Crippen MR) is 102 cm³/mol. The van der Waals surface area contributed by atoms with Crippen LogP contribution in [0.25, 0.3) is 0 Å². The first-order valence-corrected chi connectivity index (χ1v) is 9.12. The van der Waals surface area contributed by atoms with Crippen LogP contribution in [0.4, 0.5) is 10.1 Å². The van der Waals surface area contributed by atoms with E-state index in [0.717, 1.165) is 0 Å². The number of carbonyl (C=O) groups excluding carboxylic acids is 2. The molecule has 0 bridgehead atoms. The number of ketones is 1. The SMILES string of the molecule is CCC(=O)c1ccc(OCC(=O)N2CCN(c3ccccc3F)CC2)cc1. The fraction of sp³-hybridized carbons (Fsp3) is 0.333. The number of nitrogens with zero attached hydrogens (tertiary/aromatic N) is 2. The van der Waals surface area contributed by atoms with E-state index in [9.17, 15) is 14.0 Å². The van der Waals surface area contributed by atoms with Crippen molar-refractivity contribution in [3.8, 4) is 5.75 Å². The highest BCUT2D eigenvalue weighted by atomic mass is 19.1. The third-order valence-corrected chi connectivity index (χ3v) is 4.69. The molecule has 2 aromatic rings. The van der Waals surface area contributed by atoms with Crippen molar-refractivity contribution >= 4 is 17.4 Å². The zero-order valence-electron chi connectivity index (χ0n) is 15.4. The van der Waals surface area contributed by atoms with Crippen LogP contribution in [0.3, 0.4) is 0 Å². The first-order chi connectivity index (χ1) is 13.1. The molecule has 27 heavy (non-hydrogen) atoms. The molecular formula is C21H23FN2O3. The lowest BCUT2D eigenvalue weighted by Crippen LogP contribution is -2.50. The van der Waals surface area contributed by atoms with Crippen LogP contribution in [-0.2, 0) is 4.79 Å². The van der Waals surface area contributed by atoms with Crippen molar-refractivity contribution in [1.82, 2.24) is 4.90 Å². The van der Waals surface area contributed by atoms with Crippen LogP contribution in [0.1, 0.15) is 23.7 Å². The van der Waals surface area contributed by atoms with Gasteiger partial charge in [0.05, 0.1) is 5.69 Å². The van der Waals surface area contributed by atoms with Crippen LogP contribution < -0.4 is 9.64 Å². The minimum Gasteiger partial charge on any atom is -0.484 e. The van der Waals surface area contributed by atoms with E-state index >= 15 is 0 Å². The van der Waals surface area contributed by atoms with E-state index in [-0.39, 0.29) is 24.1 Å². The Balaban J connectivity index is 1.48. The van der Waals surface area contributed by atoms with E-state index in [4.69, 9.17) is 4.74 Å². The average molecular weight is 370 g/mol. The van der Waals surface area contributed by atoms with Gasteiger partial charge in [0.2, 0.25) is 0 Å². The number of hydrogen-bond acceptors (Lipinski definition) is 4. The molecule has 0 radical (unpaired) electrons. The van der Waals surface area contributed by atoms with Gasteiger partial charge in [-0.2, -0.15) is 0 Å². The quantitative estimate of drug-likeness (QED) is 0.733. The molecule has 0 N–H and O–H groups in total. The molecule has 5 nitrogen and oxygen atoms in total. The van der Waals surface area contributed by atoms with Gasteiger partial charge >= 0.3 is 0 Å². The summed E-state index contributed by atoms with van der Waals surface area (Å²) in [5.41, 5.74) is 1.21. The molecule has 1 heterocycles. The normalized spacial score (nSPS) is 14.1. The van der Waals surface area contributed by atoms with E-state index in [0.29, 0.717) is 49.6 Å². The summed E-state index contributed by atoms with van der Waals surface area (Å²) in [5.74, 6) is 0.286. The number of para-hydroxylation sites is 1. The van der Waals surface area contributed by atoms with Crippen LogP contribution in [0.15, 0.2) is 48.5 Å². The molecule has 6 heteroatoms. The van der Waals surface area contributed by atoms with Gasteiger partial charge in [0, 0.05) is 38.2 Å². The maximum Gasteiger partial charge on any atom is 0.260 e. The number of rotatable bonds is 6. The molecule has 1 saturated heterocycles. The van der Waals surface area contributed by atoms with Crippen molar-refractivity contribution in [3.63, 3.8) is 0 Å². The number of ether oxygens (including phenoxy) is 1. The number of halogens is 1. The second-order valence-electron chi connectivity index (χ2n) is 6.41. The average Bonchev–Trinajstić information content (AvgIpc) is 2.72. The Morgan fingerprint density at radius 1 is 1.00 bits per heavy atom. The Kier molecular flexibility index (Phi) is 6.06. The first kappa shape index (κ1) is 18.9. The number of carbonyl (C=O) groups is 2. The maximum atomic E-state index is 13.9. The summed E-state index contributed by atoms with van der Waals surface area (Å²) in [5, 5.41) is 0. The number of anilines is 1. The second-order valence-corrected chi connectivity index (χ2v) is 6.41. The second kappa shape index (κ2) is 8.66. The summed E-state index contributed by atoms with van der Waals surface area (Å²) in [6, 6.07) is 13.5. The Bertz CT molecular complexity index is 799. The molecule has 142 valence electrons. The largest absolute Gasteiger partial charge is 0.484 e. The molecule has 3 rings (SSSR count). The summed E-state index contributed by atoms with van der Waals surface area (Å²) in [6.07, 6.45) is 0.456. The lowest BCUT2D eigenvalue weighted by Gasteiger charge is -2.36. The Morgan fingerprint density at radius 3 is 2.30 bits per heavy atom. The number of amides is 1. The number of benzene rings is 2. The van der Waals surface area contributed by atoms with Gasteiger partial charge in [-0.1, -0.05) is 19.1 Å². The van der Waals surface area contributed by atoms with Crippen molar-refractivity contribution in [2.75, 3.05) is 37.7 Å². The van der Waals surface area contributed by atoms with Crippen LogP contribution >= 0.6 is 0 Å². The molecule has 1 aliphatic heterocycles. The maximum absolute atomic E-state index is 13.9. The fourth-order valence-electron chi connectivity index (χ4n) is 3.08. The van der Waals surface area contributed by atoms with Gasteiger partial charge in [-0.15, -0.1) is 0 Å². The monoisotopic (exact) mass is 370 g/mol. The van der Waals surface area contributed by atoms with Gasteiger partial charge in [0.1, 0.15) is 11.6 Å². The lowest BCUT2D eigenvalue weighted by molar-refractivity contribution is -0.133. The molecule has 1 fully saturated rings. The summed E-state index contributed by atoms with van der Waals surface area (Å²) >= 11 is 0. The Hall–Kier alpha value is -2.89. The molecule has 2 aromatic carbocycles. The zero-order valence-corrected chi connectivity index (χ0v) is 15.4. The first-order valence-electron chi connectivity index (χ1n) is 9.12. The van der Waals surface area contributed by atoms with E-state index in [1.807, 2.05) is 17.9 Å².